The molecule has 4 aliphatic rings. The Morgan fingerprint density at radius 3 is 2.36 bits per heavy atom. The number of Topliss-reactive ketones (excluding diaryl/α,β-unsaturated/α-hetero) is 1. The van der Waals surface area contributed by atoms with Crippen LogP contribution in [0.25, 0.3) is 0 Å². The molecule has 4 heterocycles. The van der Waals surface area contributed by atoms with Crippen LogP contribution in [0.15, 0.2) is 66.3 Å². The fourth-order valence-corrected chi connectivity index (χ4v) is 11.6. The number of rotatable bonds is 15. The second-order valence-corrected chi connectivity index (χ2v) is 24.0. The van der Waals surface area contributed by atoms with E-state index in [0.717, 1.165) is 6.42 Å². The molecule has 17 atom stereocenters. The minimum absolute atomic E-state index is 0.000872. The summed E-state index contributed by atoms with van der Waals surface area (Å²) in [7, 11) is 0. The van der Waals surface area contributed by atoms with Crippen LogP contribution in [-0.2, 0) is 44.7 Å². The summed E-state index contributed by atoms with van der Waals surface area (Å²) >= 11 is 0. The summed E-state index contributed by atoms with van der Waals surface area (Å²) < 4.78 is 13.0. The zero-order chi connectivity index (χ0) is 59.2. The van der Waals surface area contributed by atoms with Crippen LogP contribution >= 0.6 is 0 Å². The molecule has 4 amide bonds. The Labute approximate surface area is 474 Å². The van der Waals surface area contributed by atoms with Gasteiger partial charge in [0.2, 0.25) is 17.7 Å². The molecule has 3 fully saturated rings. The predicted octanol–water partition coefficient (Wildman–Crippen LogP) is 6.11. The van der Waals surface area contributed by atoms with E-state index < -0.39 is 96.0 Å². The van der Waals surface area contributed by atoms with Crippen molar-refractivity contribution in [3.8, 4) is 5.75 Å². The number of esters is 1. The van der Waals surface area contributed by atoms with Gasteiger partial charge in [-0.1, -0.05) is 110 Å². The zero-order valence-electron chi connectivity index (χ0n) is 49.2. The van der Waals surface area contributed by atoms with Crippen LogP contribution in [0.4, 0.5) is 0 Å². The van der Waals surface area contributed by atoms with Gasteiger partial charge in [0.25, 0.3) is 5.91 Å². The Hall–Kier alpha value is -5.24. The molecule has 0 saturated carbocycles. The van der Waals surface area contributed by atoms with Gasteiger partial charge in [-0.05, 0) is 100 Å². The van der Waals surface area contributed by atoms with E-state index in [9.17, 15) is 54.3 Å². The van der Waals surface area contributed by atoms with Crippen LogP contribution in [0.5, 0.6) is 5.75 Å². The van der Waals surface area contributed by atoms with E-state index in [-0.39, 0.29) is 91.6 Å². The Balaban J connectivity index is 1.35. The van der Waals surface area contributed by atoms with E-state index in [1.165, 1.54) is 24.1 Å². The number of aliphatic hydroxyl groups is 4. The summed E-state index contributed by atoms with van der Waals surface area (Å²) in [6.45, 7) is 20.3. The second-order valence-electron chi connectivity index (χ2n) is 24.0. The lowest BCUT2D eigenvalue weighted by atomic mass is 9.69. The molecular weight excluding hydrogens is 1020 g/mol. The molecule has 1 aromatic rings. The monoisotopic (exact) mass is 1120 g/mol. The van der Waals surface area contributed by atoms with Crippen LogP contribution in [0.2, 0.25) is 0 Å². The number of allylic oxidation sites excluding steroid dienone is 5. The van der Waals surface area contributed by atoms with Crippen molar-refractivity contribution >= 4 is 35.4 Å². The van der Waals surface area contributed by atoms with E-state index in [4.69, 9.17) is 9.47 Å². The SMILES string of the molecule is CCC1CC(C)C2(NC1=O)OC(CC(O)C(C)CCC=CC=C(C)C1CC=CC=CC(O)C(C)C(O)C(CCC(C)=O)C(=O)NC(C(C)C)CC(=O)NC(Cc3ccc(C)c(O)c3)C(=O)N3CCCC(N3)C(=O)O1)C(C)C(O)C2C. The van der Waals surface area contributed by atoms with E-state index in [1.54, 1.807) is 44.2 Å². The standard InChI is InChI=1S/C62H95N5O13/c1-12-45-30-39(7)62(65-58(45)75)43(11)56(73)42(10)54(80-62)34-52(71)36(4)20-15-13-16-21-38(6)53-24-18-14-17-23-50(69)41(9)57(74)46(28-26-40(8)68)59(76)64-48(35(2)3)33-55(72)63-49(31-44-27-25-37(5)51(70)32-44)60(77)67-29-19-22-47(66-67)61(78)79-53/h13-14,16-18,21,23,25,27,32,35-36,39,41-43,45-50,52-54,56-57,66,69-71,73-74H,12,15,19-20,22,24,26,28-31,33-34H2,1-11H3,(H,63,72)(H,64,76)(H,65,75). The first-order valence-electron chi connectivity index (χ1n) is 29.3. The van der Waals surface area contributed by atoms with E-state index in [0.29, 0.717) is 55.2 Å². The van der Waals surface area contributed by atoms with Gasteiger partial charge in [-0.25, -0.2) is 5.43 Å². The molecule has 3 saturated heterocycles. The van der Waals surface area contributed by atoms with Gasteiger partial charge in [-0.2, -0.15) is 0 Å². The molecule has 0 aromatic heterocycles. The normalized spacial score (nSPS) is 33.7. The summed E-state index contributed by atoms with van der Waals surface area (Å²) in [4.78, 5) is 82.0. The third kappa shape index (κ3) is 17.4. The Morgan fingerprint density at radius 1 is 0.963 bits per heavy atom. The molecule has 1 aromatic carbocycles. The first-order valence-corrected chi connectivity index (χ1v) is 29.3. The molecule has 2 bridgehead atoms. The molecule has 0 radical (unpaired) electrons. The molecule has 1 spiro atoms. The van der Waals surface area contributed by atoms with E-state index in [2.05, 4.69) is 28.3 Å². The zero-order valence-corrected chi connectivity index (χ0v) is 49.2. The fourth-order valence-electron chi connectivity index (χ4n) is 11.6. The molecular formula is C62H95N5O13. The number of carbonyl (C=O) groups excluding carboxylic acids is 6. The Bertz CT molecular complexity index is 2410. The number of cyclic esters (lactones) is 1. The number of aryl methyl sites for hydroxylation is 1. The number of piperidine rings is 1. The molecule has 4 aliphatic heterocycles. The average Bonchev–Trinajstić information content (AvgIpc) is 3.56. The van der Waals surface area contributed by atoms with E-state index >= 15 is 0 Å². The lowest BCUT2D eigenvalue weighted by Crippen LogP contribution is -2.71. The minimum atomic E-state index is -1.38. The number of phenols is 1. The van der Waals surface area contributed by atoms with Crippen molar-refractivity contribution in [2.45, 2.75) is 214 Å². The van der Waals surface area contributed by atoms with Crippen molar-refractivity contribution in [1.82, 2.24) is 26.4 Å². The number of aromatic hydroxyl groups is 1. The quantitative estimate of drug-likeness (QED) is 0.0709. The largest absolute Gasteiger partial charge is 0.508 e. The summed E-state index contributed by atoms with van der Waals surface area (Å²) in [5, 5.41) is 66.6. The number of aliphatic hydroxyl groups excluding tert-OH is 4. The molecule has 0 aliphatic carbocycles. The Morgan fingerprint density at radius 2 is 1.69 bits per heavy atom. The van der Waals surface area contributed by atoms with Crippen molar-refractivity contribution in [2.24, 2.45) is 47.3 Å². The number of phenolic OH excluding ortho intramolecular Hbond substituents is 1. The molecule has 9 N–H and O–H groups in total. The van der Waals surface area contributed by atoms with Crippen molar-refractivity contribution in [2.75, 3.05) is 6.54 Å². The highest BCUT2D eigenvalue weighted by molar-refractivity contribution is 5.89. The van der Waals surface area contributed by atoms with Gasteiger partial charge >= 0.3 is 5.97 Å². The summed E-state index contributed by atoms with van der Waals surface area (Å²) in [5.41, 5.74) is 3.96. The number of ketones is 1. The molecule has 446 valence electrons. The van der Waals surface area contributed by atoms with Gasteiger partial charge in [0.05, 0.1) is 36.4 Å². The van der Waals surface area contributed by atoms with Crippen molar-refractivity contribution < 1.29 is 63.8 Å². The third-order valence-electron chi connectivity index (χ3n) is 17.6. The lowest BCUT2D eigenvalue weighted by Gasteiger charge is -2.56. The van der Waals surface area contributed by atoms with Crippen molar-refractivity contribution in [3.05, 3.63) is 77.4 Å². The van der Waals surface area contributed by atoms with Crippen LogP contribution in [0.3, 0.4) is 0 Å². The van der Waals surface area contributed by atoms with Crippen LogP contribution in [0.1, 0.15) is 151 Å². The van der Waals surface area contributed by atoms with Crippen molar-refractivity contribution in [1.29, 1.82) is 0 Å². The third-order valence-corrected chi connectivity index (χ3v) is 17.6. The van der Waals surface area contributed by atoms with Gasteiger partial charge in [-0.15, -0.1) is 0 Å². The Kier molecular flexibility index (Phi) is 24.7. The van der Waals surface area contributed by atoms with Crippen LogP contribution in [-0.4, -0.2) is 133 Å². The molecule has 5 rings (SSSR count). The number of hydrogen-bond donors (Lipinski definition) is 9. The number of ether oxygens (including phenoxy) is 2. The molecule has 17 unspecified atom stereocenters. The first kappa shape index (κ1) is 65.6. The highest BCUT2D eigenvalue weighted by atomic mass is 16.5. The van der Waals surface area contributed by atoms with Gasteiger partial charge < -0.3 is 55.8 Å². The molecule has 18 nitrogen and oxygen atoms in total. The number of carbonyl (C=O) groups is 6. The number of hydrazine groups is 1. The maximum absolute atomic E-state index is 14.5. The highest BCUT2D eigenvalue weighted by Gasteiger charge is 2.57. The van der Waals surface area contributed by atoms with Gasteiger partial charge in [0.1, 0.15) is 35.4 Å². The van der Waals surface area contributed by atoms with Gasteiger partial charge in [-0.3, -0.25) is 29.0 Å². The summed E-state index contributed by atoms with van der Waals surface area (Å²) in [6, 6.07) is 2.15. The number of fused-ring (bicyclic) bond motifs is 2. The number of nitrogens with one attached hydrogen (secondary N) is 4. The topological polar surface area (TPSA) is 273 Å². The maximum atomic E-state index is 14.5. The van der Waals surface area contributed by atoms with Crippen LogP contribution in [0, 0.1) is 54.3 Å². The smallest absolute Gasteiger partial charge is 0.325 e. The fraction of sp³-hybridized carbons (Fsp3) is 0.677. The number of benzene rings is 1. The second kappa shape index (κ2) is 30.2. The van der Waals surface area contributed by atoms with Crippen LogP contribution < -0.4 is 21.4 Å². The summed E-state index contributed by atoms with van der Waals surface area (Å²) in [6.07, 6.45) is 10.7. The molecule has 80 heavy (non-hydrogen) atoms. The number of amides is 4. The number of hydrogen-bond acceptors (Lipinski definition) is 14. The minimum Gasteiger partial charge on any atom is -0.508 e. The van der Waals surface area contributed by atoms with E-state index in [1.807, 2.05) is 66.7 Å². The maximum Gasteiger partial charge on any atom is 0.325 e. The highest BCUT2D eigenvalue weighted by Crippen LogP contribution is 2.46. The molecule has 18 heteroatoms. The predicted molar refractivity (Wildman–Crippen MR) is 305 cm³/mol. The van der Waals surface area contributed by atoms with Gasteiger partial charge in [0.15, 0.2) is 0 Å². The number of nitrogens with zero attached hydrogens (tertiary/aromatic N) is 1. The van der Waals surface area contributed by atoms with Crippen molar-refractivity contribution in [3.63, 3.8) is 0 Å². The average molecular weight is 1120 g/mol. The lowest BCUT2D eigenvalue weighted by molar-refractivity contribution is -0.267. The summed E-state index contributed by atoms with van der Waals surface area (Å²) in [5.74, 6) is -5.60. The van der Waals surface area contributed by atoms with Gasteiger partial charge in [0, 0.05) is 74.3 Å². The first-order chi connectivity index (χ1) is 37.8.